The van der Waals surface area contributed by atoms with E-state index >= 15 is 0 Å². The standard InChI is InChI=1S/C15H27N3O2/c1-11(2)18-14(19)10-13(15(18)20)16-6-9-17-7-4-12(3)5-8-17/h11-13,16H,4-10H2,1-3H3. The highest BCUT2D eigenvalue weighted by Crippen LogP contribution is 2.17. The van der Waals surface area contributed by atoms with E-state index in [-0.39, 0.29) is 23.9 Å². The van der Waals surface area contributed by atoms with Gasteiger partial charge < -0.3 is 10.2 Å². The molecule has 2 saturated heterocycles. The molecule has 2 aliphatic rings. The lowest BCUT2D eigenvalue weighted by atomic mass is 9.99. The Labute approximate surface area is 121 Å². The monoisotopic (exact) mass is 281 g/mol. The number of carbonyl (C=O) groups is 2. The number of imide groups is 1. The van der Waals surface area contributed by atoms with E-state index in [9.17, 15) is 9.59 Å². The summed E-state index contributed by atoms with van der Waals surface area (Å²) in [6.45, 7) is 10.1. The van der Waals surface area contributed by atoms with Crippen LogP contribution in [0, 0.1) is 5.92 Å². The van der Waals surface area contributed by atoms with Crippen LogP contribution in [0.1, 0.15) is 40.0 Å². The van der Waals surface area contributed by atoms with Crippen molar-refractivity contribution in [2.45, 2.75) is 52.1 Å². The molecule has 0 spiro atoms. The highest BCUT2D eigenvalue weighted by atomic mass is 16.2. The molecule has 114 valence electrons. The molecule has 2 amide bonds. The Bertz CT molecular complexity index is 362. The zero-order valence-corrected chi connectivity index (χ0v) is 12.9. The lowest BCUT2D eigenvalue weighted by Gasteiger charge is -2.30. The smallest absolute Gasteiger partial charge is 0.247 e. The first kappa shape index (κ1) is 15.4. The van der Waals surface area contributed by atoms with E-state index in [1.165, 1.54) is 17.7 Å². The van der Waals surface area contributed by atoms with Crippen LogP contribution in [-0.2, 0) is 9.59 Å². The summed E-state index contributed by atoms with van der Waals surface area (Å²) in [7, 11) is 0. The number of likely N-dealkylation sites (tertiary alicyclic amines) is 2. The Morgan fingerprint density at radius 1 is 1.25 bits per heavy atom. The van der Waals surface area contributed by atoms with Crippen LogP contribution in [0.4, 0.5) is 0 Å². The normalized spacial score (nSPS) is 26.0. The predicted octanol–water partition coefficient (Wildman–Crippen LogP) is 0.844. The maximum absolute atomic E-state index is 12.1. The second kappa shape index (κ2) is 6.68. The number of carbonyl (C=O) groups excluding carboxylic acids is 2. The van der Waals surface area contributed by atoms with E-state index in [0.717, 1.165) is 32.1 Å². The summed E-state index contributed by atoms with van der Waals surface area (Å²) in [5, 5.41) is 3.25. The zero-order chi connectivity index (χ0) is 14.7. The van der Waals surface area contributed by atoms with Gasteiger partial charge in [-0.1, -0.05) is 6.92 Å². The Hall–Kier alpha value is -0.940. The third kappa shape index (κ3) is 3.58. The molecule has 1 N–H and O–H groups in total. The van der Waals surface area contributed by atoms with Gasteiger partial charge in [0.25, 0.3) is 0 Å². The van der Waals surface area contributed by atoms with Crippen molar-refractivity contribution in [1.82, 2.24) is 15.1 Å². The number of nitrogens with zero attached hydrogens (tertiary/aromatic N) is 2. The third-order valence-electron chi connectivity index (χ3n) is 4.39. The van der Waals surface area contributed by atoms with Crippen LogP contribution < -0.4 is 5.32 Å². The number of amides is 2. The molecule has 1 unspecified atom stereocenters. The molecule has 0 aromatic rings. The molecular weight excluding hydrogens is 254 g/mol. The number of hydrogen-bond donors (Lipinski definition) is 1. The Balaban J connectivity index is 1.72. The molecule has 0 aliphatic carbocycles. The topological polar surface area (TPSA) is 52.7 Å². The zero-order valence-electron chi connectivity index (χ0n) is 12.9. The highest BCUT2D eigenvalue weighted by Gasteiger charge is 2.39. The average molecular weight is 281 g/mol. The summed E-state index contributed by atoms with van der Waals surface area (Å²) in [5.74, 6) is 0.736. The van der Waals surface area contributed by atoms with Gasteiger partial charge in [-0.3, -0.25) is 14.5 Å². The van der Waals surface area contributed by atoms with Crippen LogP contribution in [0.2, 0.25) is 0 Å². The minimum absolute atomic E-state index is 0.0367. The van der Waals surface area contributed by atoms with E-state index in [1.807, 2.05) is 13.8 Å². The molecule has 0 aromatic heterocycles. The van der Waals surface area contributed by atoms with Crippen molar-refractivity contribution in [3.8, 4) is 0 Å². The lowest BCUT2D eigenvalue weighted by molar-refractivity contribution is -0.140. The van der Waals surface area contributed by atoms with Crippen molar-refractivity contribution >= 4 is 11.8 Å². The van der Waals surface area contributed by atoms with Crippen molar-refractivity contribution in [2.75, 3.05) is 26.2 Å². The Morgan fingerprint density at radius 3 is 2.45 bits per heavy atom. The van der Waals surface area contributed by atoms with Crippen LogP contribution in [0.5, 0.6) is 0 Å². The molecule has 0 radical (unpaired) electrons. The quantitative estimate of drug-likeness (QED) is 0.759. The van der Waals surface area contributed by atoms with Gasteiger partial charge in [-0.2, -0.15) is 0 Å². The van der Waals surface area contributed by atoms with E-state index in [0.29, 0.717) is 6.42 Å². The summed E-state index contributed by atoms with van der Waals surface area (Å²) in [6, 6.07) is -0.348. The largest absolute Gasteiger partial charge is 0.304 e. The minimum Gasteiger partial charge on any atom is -0.304 e. The van der Waals surface area contributed by atoms with Crippen molar-refractivity contribution < 1.29 is 9.59 Å². The predicted molar refractivity (Wildman–Crippen MR) is 78.2 cm³/mol. The molecule has 2 fully saturated rings. The van der Waals surface area contributed by atoms with Crippen molar-refractivity contribution in [3.63, 3.8) is 0 Å². The molecule has 5 heteroatoms. The lowest BCUT2D eigenvalue weighted by Crippen LogP contribution is -2.44. The van der Waals surface area contributed by atoms with Crippen LogP contribution in [0.3, 0.4) is 0 Å². The SMILES string of the molecule is CC1CCN(CCNC2CC(=O)N(C(C)C)C2=O)CC1. The summed E-state index contributed by atoms with van der Waals surface area (Å²) < 4.78 is 0. The van der Waals surface area contributed by atoms with E-state index in [2.05, 4.69) is 17.1 Å². The third-order valence-corrected chi connectivity index (χ3v) is 4.39. The van der Waals surface area contributed by atoms with Crippen LogP contribution in [-0.4, -0.2) is 59.9 Å². The van der Waals surface area contributed by atoms with Gasteiger partial charge in [-0.25, -0.2) is 0 Å². The summed E-state index contributed by atoms with van der Waals surface area (Å²) in [5.41, 5.74) is 0. The van der Waals surface area contributed by atoms with Gasteiger partial charge in [-0.15, -0.1) is 0 Å². The maximum Gasteiger partial charge on any atom is 0.247 e. The fourth-order valence-corrected chi connectivity index (χ4v) is 3.04. The van der Waals surface area contributed by atoms with Crippen molar-refractivity contribution in [2.24, 2.45) is 5.92 Å². The molecule has 20 heavy (non-hydrogen) atoms. The molecular formula is C15H27N3O2. The summed E-state index contributed by atoms with van der Waals surface area (Å²) in [6.07, 6.45) is 2.85. The second-order valence-corrected chi connectivity index (χ2v) is 6.43. The first-order chi connectivity index (χ1) is 9.49. The maximum atomic E-state index is 12.1. The molecule has 0 bridgehead atoms. The van der Waals surface area contributed by atoms with Gasteiger partial charge in [-0.05, 0) is 45.7 Å². The van der Waals surface area contributed by atoms with E-state index in [4.69, 9.17) is 0 Å². The average Bonchev–Trinajstić information content (AvgIpc) is 2.67. The fraction of sp³-hybridized carbons (Fsp3) is 0.867. The van der Waals surface area contributed by atoms with Crippen LogP contribution in [0.25, 0.3) is 0 Å². The molecule has 5 nitrogen and oxygen atoms in total. The summed E-state index contributed by atoms with van der Waals surface area (Å²) in [4.78, 5) is 27.7. The molecule has 2 aliphatic heterocycles. The van der Waals surface area contributed by atoms with E-state index < -0.39 is 0 Å². The van der Waals surface area contributed by atoms with Gasteiger partial charge in [0.05, 0.1) is 12.5 Å². The number of piperidine rings is 1. The molecule has 0 aromatic carbocycles. The van der Waals surface area contributed by atoms with Crippen molar-refractivity contribution in [1.29, 1.82) is 0 Å². The van der Waals surface area contributed by atoms with Gasteiger partial charge in [0.2, 0.25) is 11.8 Å². The number of rotatable bonds is 5. The molecule has 0 saturated carbocycles. The fourth-order valence-electron chi connectivity index (χ4n) is 3.04. The van der Waals surface area contributed by atoms with Gasteiger partial charge >= 0.3 is 0 Å². The van der Waals surface area contributed by atoms with Crippen LogP contribution in [0.15, 0.2) is 0 Å². The van der Waals surface area contributed by atoms with Gasteiger partial charge in [0.15, 0.2) is 0 Å². The highest BCUT2D eigenvalue weighted by molar-refractivity contribution is 6.05. The molecule has 2 rings (SSSR count). The first-order valence-electron chi connectivity index (χ1n) is 7.80. The van der Waals surface area contributed by atoms with E-state index in [1.54, 1.807) is 0 Å². The first-order valence-corrected chi connectivity index (χ1v) is 7.80. The van der Waals surface area contributed by atoms with Gasteiger partial charge in [0.1, 0.15) is 0 Å². The Morgan fingerprint density at radius 2 is 1.90 bits per heavy atom. The molecule has 2 heterocycles. The van der Waals surface area contributed by atoms with Gasteiger partial charge in [0, 0.05) is 19.1 Å². The number of hydrogen-bond acceptors (Lipinski definition) is 4. The molecule has 1 atom stereocenters. The van der Waals surface area contributed by atoms with Crippen LogP contribution >= 0.6 is 0 Å². The summed E-state index contributed by atoms with van der Waals surface area (Å²) >= 11 is 0. The van der Waals surface area contributed by atoms with Crippen molar-refractivity contribution in [3.05, 3.63) is 0 Å². The second-order valence-electron chi connectivity index (χ2n) is 6.43. The minimum atomic E-state index is -0.311. The Kier molecular flexibility index (Phi) is 5.16. The number of nitrogens with one attached hydrogen (secondary N) is 1.